The summed E-state index contributed by atoms with van der Waals surface area (Å²) in [5, 5.41) is 17.1. The number of nitrogens with two attached hydrogens (primary N) is 2. The zero-order chi connectivity index (χ0) is 12.6. The Kier molecular flexibility index (Phi) is 7.49. The average Bonchev–Trinajstić information content (AvgIpc) is 2.17. The van der Waals surface area contributed by atoms with E-state index in [0.717, 1.165) is 0 Å². The Bertz CT molecular complexity index is 233. The van der Waals surface area contributed by atoms with Crippen molar-refractivity contribution in [3.8, 4) is 0 Å². The Morgan fingerprint density at radius 1 is 1.19 bits per heavy atom. The highest BCUT2D eigenvalue weighted by molar-refractivity contribution is 5.73. The second-order valence-electron chi connectivity index (χ2n) is 3.91. The van der Waals surface area contributed by atoms with Crippen LogP contribution in [-0.4, -0.2) is 34.7 Å². The molecule has 0 saturated carbocycles. The summed E-state index contributed by atoms with van der Waals surface area (Å²) in [6.07, 6.45) is 2.33. The van der Waals surface area contributed by atoms with Crippen LogP contribution in [0.1, 0.15) is 32.1 Å². The van der Waals surface area contributed by atoms with Gasteiger partial charge in [0.1, 0.15) is 6.04 Å². The molecule has 0 aliphatic carbocycles. The molecule has 16 heavy (non-hydrogen) atoms. The molecule has 0 aliphatic heterocycles. The minimum atomic E-state index is -1.03. The van der Waals surface area contributed by atoms with Gasteiger partial charge < -0.3 is 21.7 Å². The topological polar surface area (TPSA) is 127 Å². The molecule has 0 fully saturated rings. The number of hydrogen-bond acceptors (Lipinski definition) is 4. The Morgan fingerprint density at radius 2 is 1.81 bits per heavy atom. The van der Waals surface area contributed by atoms with E-state index >= 15 is 0 Å². The van der Waals surface area contributed by atoms with Crippen molar-refractivity contribution in [1.29, 1.82) is 0 Å². The number of aliphatic carboxylic acids is 2. The van der Waals surface area contributed by atoms with Gasteiger partial charge in [-0.2, -0.15) is 0 Å². The monoisotopic (exact) mass is 232 g/mol. The van der Waals surface area contributed by atoms with Crippen molar-refractivity contribution in [3.05, 3.63) is 0 Å². The average molecular weight is 232 g/mol. The number of carbonyl (C=O) groups is 2. The molecule has 0 amide bonds. The van der Waals surface area contributed by atoms with Crippen LogP contribution in [0.15, 0.2) is 0 Å². The molecule has 0 spiro atoms. The Labute approximate surface area is 94.6 Å². The highest BCUT2D eigenvalue weighted by Gasteiger charge is 2.18. The van der Waals surface area contributed by atoms with Crippen molar-refractivity contribution in [1.82, 2.24) is 0 Å². The summed E-state index contributed by atoms with van der Waals surface area (Å²) >= 11 is 0. The van der Waals surface area contributed by atoms with Crippen LogP contribution in [0.25, 0.3) is 0 Å². The van der Waals surface area contributed by atoms with Gasteiger partial charge in [0.05, 0.1) is 0 Å². The molecule has 6 N–H and O–H groups in total. The molecule has 0 saturated heterocycles. The molecule has 1 unspecified atom stereocenters. The fraction of sp³-hybridized carbons (Fsp3) is 0.800. The molecular formula is C10H20N2O4. The van der Waals surface area contributed by atoms with Gasteiger partial charge in [0, 0.05) is 6.42 Å². The molecule has 0 aromatic carbocycles. The predicted octanol–water partition coefficient (Wildman–Crippen LogP) is 0.00830. The summed E-state index contributed by atoms with van der Waals surface area (Å²) in [5.74, 6) is -1.77. The second-order valence-corrected chi connectivity index (χ2v) is 3.91. The van der Waals surface area contributed by atoms with E-state index in [4.69, 9.17) is 21.7 Å². The van der Waals surface area contributed by atoms with Crippen LogP contribution in [0, 0.1) is 5.92 Å². The van der Waals surface area contributed by atoms with Crippen molar-refractivity contribution in [3.63, 3.8) is 0 Å². The highest BCUT2D eigenvalue weighted by atomic mass is 16.4. The summed E-state index contributed by atoms with van der Waals surface area (Å²) in [4.78, 5) is 20.9. The Hall–Kier alpha value is -1.14. The van der Waals surface area contributed by atoms with E-state index in [-0.39, 0.29) is 12.3 Å². The smallest absolute Gasteiger partial charge is 0.320 e. The van der Waals surface area contributed by atoms with Gasteiger partial charge in [0.15, 0.2) is 0 Å². The van der Waals surface area contributed by atoms with Crippen LogP contribution >= 0.6 is 0 Å². The van der Waals surface area contributed by atoms with Gasteiger partial charge in [0.2, 0.25) is 0 Å². The van der Waals surface area contributed by atoms with E-state index in [9.17, 15) is 9.59 Å². The van der Waals surface area contributed by atoms with E-state index in [0.29, 0.717) is 32.2 Å². The quantitative estimate of drug-likeness (QED) is 0.443. The van der Waals surface area contributed by atoms with Crippen LogP contribution in [0.5, 0.6) is 0 Å². The molecule has 0 aromatic rings. The van der Waals surface area contributed by atoms with Gasteiger partial charge in [0.25, 0.3) is 0 Å². The third kappa shape index (κ3) is 7.19. The van der Waals surface area contributed by atoms with E-state index in [1.165, 1.54) is 0 Å². The standard InChI is InChI=1S/C10H20N2O4/c11-5-4-7(2-1-3-9(13)14)6-8(12)10(15)16/h7-8H,1-6,11-12H2,(H,13,14)(H,15,16)/t7?,8-/m0/s1. The van der Waals surface area contributed by atoms with Gasteiger partial charge in [-0.05, 0) is 38.1 Å². The number of carboxylic acids is 2. The first-order valence-corrected chi connectivity index (χ1v) is 5.37. The maximum Gasteiger partial charge on any atom is 0.320 e. The predicted molar refractivity (Wildman–Crippen MR) is 58.9 cm³/mol. The third-order valence-corrected chi connectivity index (χ3v) is 2.48. The summed E-state index contributed by atoms with van der Waals surface area (Å²) in [5.41, 5.74) is 10.8. The summed E-state index contributed by atoms with van der Waals surface area (Å²) < 4.78 is 0. The lowest BCUT2D eigenvalue weighted by atomic mass is 9.91. The molecule has 0 aromatic heterocycles. The van der Waals surface area contributed by atoms with Crippen molar-refractivity contribution < 1.29 is 19.8 Å². The zero-order valence-electron chi connectivity index (χ0n) is 9.26. The maximum absolute atomic E-state index is 10.6. The van der Waals surface area contributed by atoms with E-state index in [2.05, 4.69) is 0 Å². The minimum absolute atomic E-state index is 0.0930. The van der Waals surface area contributed by atoms with Crippen LogP contribution in [0.2, 0.25) is 0 Å². The Balaban J connectivity index is 3.96. The van der Waals surface area contributed by atoms with Crippen LogP contribution in [0.4, 0.5) is 0 Å². The first-order valence-electron chi connectivity index (χ1n) is 5.37. The largest absolute Gasteiger partial charge is 0.481 e. The molecule has 0 bridgehead atoms. The number of carboxylic acid groups (broad SMARTS) is 2. The van der Waals surface area contributed by atoms with Crippen LogP contribution in [-0.2, 0) is 9.59 Å². The molecule has 2 atom stereocenters. The van der Waals surface area contributed by atoms with Crippen molar-refractivity contribution >= 4 is 11.9 Å². The number of hydrogen-bond donors (Lipinski definition) is 4. The first kappa shape index (κ1) is 14.9. The molecule has 0 heterocycles. The van der Waals surface area contributed by atoms with Gasteiger partial charge in [-0.25, -0.2) is 0 Å². The van der Waals surface area contributed by atoms with Crippen molar-refractivity contribution in [2.45, 2.75) is 38.1 Å². The highest BCUT2D eigenvalue weighted by Crippen LogP contribution is 2.17. The molecule has 0 radical (unpaired) electrons. The first-order chi connectivity index (χ1) is 7.47. The molecule has 6 heteroatoms. The summed E-state index contributed by atoms with van der Waals surface area (Å²) in [7, 11) is 0. The molecule has 94 valence electrons. The Morgan fingerprint density at radius 3 is 2.25 bits per heavy atom. The van der Waals surface area contributed by atoms with Gasteiger partial charge in [-0.15, -0.1) is 0 Å². The molecule has 0 rings (SSSR count). The maximum atomic E-state index is 10.6. The lowest BCUT2D eigenvalue weighted by Gasteiger charge is -2.17. The normalized spacial score (nSPS) is 14.4. The van der Waals surface area contributed by atoms with E-state index in [1.54, 1.807) is 0 Å². The minimum Gasteiger partial charge on any atom is -0.481 e. The van der Waals surface area contributed by atoms with Crippen molar-refractivity contribution in [2.24, 2.45) is 17.4 Å². The second kappa shape index (κ2) is 8.06. The molecule has 6 nitrogen and oxygen atoms in total. The van der Waals surface area contributed by atoms with E-state index < -0.39 is 18.0 Å². The lowest BCUT2D eigenvalue weighted by molar-refractivity contribution is -0.139. The SMILES string of the molecule is NCCC(CCCC(=O)O)C[C@H](N)C(=O)O. The molecular weight excluding hydrogens is 212 g/mol. The van der Waals surface area contributed by atoms with Crippen LogP contribution < -0.4 is 11.5 Å². The van der Waals surface area contributed by atoms with E-state index in [1.807, 2.05) is 0 Å². The fourth-order valence-corrected chi connectivity index (χ4v) is 1.62. The van der Waals surface area contributed by atoms with Crippen molar-refractivity contribution in [2.75, 3.05) is 6.54 Å². The summed E-state index contributed by atoms with van der Waals surface area (Å²) in [6, 6.07) is -0.888. The van der Waals surface area contributed by atoms with Crippen LogP contribution in [0.3, 0.4) is 0 Å². The summed E-state index contributed by atoms with van der Waals surface area (Å²) in [6.45, 7) is 0.462. The lowest BCUT2D eigenvalue weighted by Crippen LogP contribution is -2.33. The fourth-order valence-electron chi connectivity index (χ4n) is 1.62. The van der Waals surface area contributed by atoms with Gasteiger partial charge in [-0.1, -0.05) is 0 Å². The van der Waals surface area contributed by atoms with Gasteiger partial charge >= 0.3 is 11.9 Å². The van der Waals surface area contributed by atoms with Gasteiger partial charge in [-0.3, -0.25) is 9.59 Å². The number of rotatable bonds is 9. The molecule has 0 aliphatic rings. The zero-order valence-corrected chi connectivity index (χ0v) is 9.26. The third-order valence-electron chi connectivity index (χ3n) is 2.48.